The Morgan fingerprint density at radius 2 is 0.892 bits per heavy atom. The molecule has 0 aliphatic rings. The van der Waals surface area contributed by atoms with Crippen molar-refractivity contribution in [1.82, 2.24) is 5.32 Å². The van der Waals surface area contributed by atoms with Crippen LogP contribution in [0.25, 0.3) is 0 Å². The first-order valence-electron chi connectivity index (χ1n) is 25.4. The summed E-state index contributed by atoms with van der Waals surface area (Å²) in [4.78, 5) is 34.1. The number of hydrogen-bond acceptors (Lipinski definition) is 7. The fraction of sp³-hybridized carbons (Fsp3) is 0.636. The van der Waals surface area contributed by atoms with E-state index in [0.29, 0.717) is 12.8 Å². The predicted octanol–water partition coefficient (Wildman–Crippen LogP) is 15.1. The third kappa shape index (κ3) is 51.5. The Kier molecular flexibility index (Phi) is 47.5. The van der Waals surface area contributed by atoms with E-state index in [1.165, 1.54) is 83.5 Å². The Hall–Kier alpha value is -3.33. The molecule has 1 amide bonds. The van der Waals surface area contributed by atoms with Gasteiger partial charge in [-0.25, -0.2) is 4.57 Å². The quantitative estimate of drug-likeness (QED) is 0.0238. The third-order valence-electron chi connectivity index (χ3n) is 10.2. The van der Waals surface area contributed by atoms with Crippen molar-refractivity contribution in [2.24, 2.45) is 0 Å². The minimum absolute atomic E-state index is 0.0436. The Labute approximate surface area is 397 Å². The molecule has 0 spiro atoms. The summed E-state index contributed by atoms with van der Waals surface area (Å²) in [5.74, 6) is -0.585. The second kappa shape index (κ2) is 50.1. The zero-order chi connectivity index (χ0) is 47.4. The summed E-state index contributed by atoms with van der Waals surface area (Å²) in [5, 5.41) is 12.7. The molecule has 0 aliphatic heterocycles. The fourth-order valence-corrected chi connectivity index (χ4v) is 7.16. The molecule has 3 N–H and O–H groups in total. The highest BCUT2D eigenvalue weighted by Gasteiger charge is 2.23. The topological polar surface area (TPSA) is 131 Å². The summed E-state index contributed by atoms with van der Waals surface area (Å²) in [6, 6.07) is 0. The summed E-state index contributed by atoms with van der Waals surface area (Å²) < 4.78 is 27.0. The number of allylic oxidation sites excluding steroid dienone is 18. The second-order valence-electron chi connectivity index (χ2n) is 16.4. The highest BCUT2D eigenvalue weighted by atomic mass is 31.2. The maximum absolute atomic E-state index is 12.1. The first-order valence-corrected chi connectivity index (χ1v) is 26.9. The lowest BCUT2D eigenvalue weighted by Gasteiger charge is -2.15. The number of nitrogens with one attached hydrogen (secondary N) is 1. The number of carbonyl (C=O) groups is 2. The Morgan fingerprint density at radius 1 is 0.492 bits per heavy atom. The molecule has 9 nitrogen and oxygen atoms in total. The van der Waals surface area contributed by atoms with E-state index >= 15 is 0 Å². The van der Waals surface area contributed by atoms with Crippen molar-refractivity contribution < 1.29 is 37.9 Å². The van der Waals surface area contributed by atoms with E-state index in [-0.39, 0.29) is 32.1 Å². The molecule has 65 heavy (non-hydrogen) atoms. The van der Waals surface area contributed by atoms with Gasteiger partial charge in [0.2, 0.25) is 5.91 Å². The van der Waals surface area contributed by atoms with Crippen molar-refractivity contribution in [3.05, 3.63) is 109 Å². The smallest absolute Gasteiger partial charge is 0.463 e. The monoisotopic (exact) mass is 926 g/mol. The molecule has 2 atom stereocenters. The lowest BCUT2D eigenvalue weighted by atomic mass is 10.0. The van der Waals surface area contributed by atoms with Crippen molar-refractivity contribution in [3.8, 4) is 0 Å². The number of aliphatic hydroxyl groups is 1. The molecule has 0 aromatic carbocycles. The molecule has 370 valence electrons. The summed E-state index contributed by atoms with van der Waals surface area (Å²) in [6.07, 6.45) is 67.4. The van der Waals surface area contributed by atoms with Crippen LogP contribution in [0.15, 0.2) is 109 Å². The number of aliphatic hydroxyl groups excluding tert-OH is 1. The SMILES string of the molecule is CC/C=C\C/C=C\C/C=C\C/C=C\C/C=C\C/C=C\C/C=C\CCCC(=O)NCCOP(=O)(O)OCC(O)COC(=O)CCCCCCCCCCCCC/C=C\C/C=C\CCCCC. The Morgan fingerprint density at radius 3 is 1.35 bits per heavy atom. The second-order valence-corrected chi connectivity index (χ2v) is 17.9. The van der Waals surface area contributed by atoms with Crippen molar-refractivity contribution in [2.45, 2.75) is 200 Å². The fourth-order valence-electron chi connectivity index (χ4n) is 6.40. The summed E-state index contributed by atoms with van der Waals surface area (Å²) in [6.45, 7) is 3.34. The number of unbranched alkanes of at least 4 members (excludes halogenated alkanes) is 15. The van der Waals surface area contributed by atoms with Gasteiger partial charge in [0.1, 0.15) is 12.7 Å². The van der Waals surface area contributed by atoms with Crippen LogP contribution in [0.5, 0.6) is 0 Å². The number of ether oxygens (including phenoxy) is 1. The van der Waals surface area contributed by atoms with Gasteiger partial charge < -0.3 is 20.1 Å². The van der Waals surface area contributed by atoms with E-state index in [4.69, 9.17) is 13.8 Å². The lowest BCUT2D eigenvalue weighted by molar-refractivity contribution is -0.147. The van der Waals surface area contributed by atoms with Crippen LogP contribution in [0, 0.1) is 0 Å². The van der Waals surface area contributed by atoms with E-state index < -0.39 is 26.5 Å². The van der Waals surface area contributed by atoms with Gasteiger partial charge in [0.05, 0.1) is 13.2 Å². The molecule has 0 heterocycles. The van der Waals surface area contributed by atoms with E-state index in [1.54, 1.807) is 0 Å². The van der Waals surface area contributed by atoms with Crippen molar-refractivity contribution in [3.63, 3.8) is 0 Å². The molecular formula is C55H92NO8P. The van der Waals surface area contributed by atoms with Crippen LogP contribution >= 0.6 is 7.82 Å². The van der Waals surface area contributed by atoms with Gasteiger partial charge in [-0.3, -0.25) is 18.6 Å². The van der Waals surface area contributed by atoms with Crippen LogP contribution in [0.2, 0.25) is 0 Å². The predicted molar refractivity (Wildman–Crippen MR) is 275 cm³/mol. The number of rotatable bonds is 46. The van der Waals surface area contributed by atoms with Crippen LogP contribution in [0.3, 0.4) is 0 Å². The standard InChI is InChI=1S/C55H92NO8P/c1-3-5-7-9-11-13-15-17-19-21-23-25-26-28-29-31-33-35-37-39-41-43-45-47-54(58)56-49-50-63-65(60,61)64-52-53(57)51-62-55(59)48-46-44-42-40-38-36-34-32-30-27-24-22-20-18-16-14-12-10-8-6-4-2/h5,7,11-14,17-20,23,25,28-29,33,35,39,41,53,57H,3-4,6,8-10,15-16,21-22,24,26-27,30-32,34,36-38,40,42-52H2,1-2H3,(H,56,58)(H,60,61)/b7-5-,13-11-,14-12-,19-17-,20-18-,25-23-,29-28-,35-33-,41-39-. The Bertz CT molecular complexity index is 1430. The molecule has 10 heteroatoms. The van der Waals surface area contributed by atoms with E-state index in [9.17, 15) is 24.2 Å². The van der Waals surface area contributed by atoms with Gasteiger partial charge in [0, 0.05) is 19.4 Å². The summed E-state index contributed by atoms with van der Waals surface area (Å²) in [7, 11) is -4.45. The molecule has 2 unspecified atom stereocenters. The number of hydrogen-bond donors (Lipinski definition) is 3. The van der Waals surface area contributed by atoms with Gasteiger partial charge in [-0.15, -0.1) is 0 Å². The summed E-state index contributed by atoms with van der Waals surface area (Å²) >= 11 is 0. The van der Waals surface area contributed by atoms with Gasteiger partial charge in [0.15, 0.2) is 0 Å². The molecular weight excluding hydrogens is 834 g/mol. The summed E-state index contributed by atoms with van der Waals surface area (Å²) in [5.41, 5.74) is 0. The van der Waals surface area contributed by atoms with Gasteiger partial charge in [-0.1, -0.05) is 194 Å². The van der Waals surface area contributed by atoms with Crippen LogP contribution in [0.1, 0.15) is 194 Å². The molecule has 0 rings (SSSR count). The van der Waals surface area contributed by atoms with Crippen LogP contribution < -0.4 is 5.32 Å². The average molecular weight is 926 g/mol. The zero-order valence-corrected chi connectivity index (χ0v) is 41.8. The van der Waals surface area contributed by atoms with Gasteiger partial charge in [0.25, 0.3) is 0 Å². The van der Waals surface area contributed by atoms with Crippen LogP contribution in [0.4, 0.5) is 0 Å². The average Bonchev–Trinajstić information content (AvgIpc) is 3.29. The minimum Gasteiger partial charge on any atom is -0.463 e. The van der Waals surface area contributed by atoms with Crippen LogP contribution in [-0.4, -0.2) is 54.3 Å². The minimum atomic E-state index is -4.45. The number of carbonyl (C=O) groups excluding carboxylic acids is 2. The number of phosphoric ester groups is 1. The van der Waals surface area contributed by atoms with Gasteiger partial charge in [-0.05, 0) is 96.3 Å². The van der Waals surface area contributed by atoms with E-state index in [1.807, 2.05) is 0 Å². The van der Waals surface area contributed by atoms with Crippen LogP contribution in [-0.2, 0) is 27.9 Å². The maximum atomic E-state index is 12.1. The molecule has 0 radical (unpaired) electrons. The Balaban J connectivity index is 3.68. The van der Waals surface area contributed by atoms with Crippen molar-refractivity contribution in [1.29, 1.82) is 0 Å². The molecule has 0 aromatic rings. The number of esters is 1. The first kappa shape index (κ1) is 61.7. The molecule has 0 saturated carbocycles. The number of phosphoric acid groups is 1. The molecule has 0 aromatic heterocycles. The van der Waals surface area contributed by atoms with Crippen molar-refractivity contribution >= 4 is 19.7 Å². The van der Waals surface area contributed by atoms with E-state index in [2.05, 4.69) is 129 Å². The maximum Gasteiger partial charge on any atom is 0.472 e. The van der Waals surface area contributed by atoms with Gasteiger partial charge in [-0.2, -0.15) is 0 Å². The molecule has 0 aliphatic carbocycles. The third-order valence-corrected chi connectivity index (χ3v) is 11.2. The highest BCUT2D eigenvalue weighted by Crippen LogP contribution is 2.42. The normalized spacial score (nSPS) is 14.1. The first-order chi connectivity index (χ1) is 31.8. The largest absolute Gasteiger partial charge is 0.472 e. The molecule has 0 saturated heterocycles. The number of amides is 1. The van der Waals surface area contributed by atoms with Crippen molar-refractivity contribution in [2.75, 3.05) is 26.4 Å². The molecule has 0 fully saturated rings. The molecule has 0 bridgehead atoms. The lowest BCUT2D eigenvalue weighted by Crippen LogP contribution is -2.27. The zero-order valence-electron chi connectivity index (χ0n) is 40.9. The van der Waals surface area contributed by atoms with E-state index in [0.717, 1.165) is 77.0 Å². The van der Waals surface area contributed by atoms with Gasteiger partial charge >= 0.3 is 13.8 Å². The highest BCUT2D eigenvalue weighted by molar-refractivity contribution is 7.47.